The number of hydrogen-bond donors (Lipinski definition) is 1. The van der Waals surface area contributed by atoms with Gasteiger partial charge in [0.25, 0.3) is 0 Å². The molecule has 2 aromatic carbocycles. The fourth-order valence-electron chi connectivity index (χ4n) is 1.81. The van der Waals surface area contributed by atoms with E-state index in [-0.39, 0.29) is 5.02 Å². The predicted molar refractivity (Wildman–Crippen MR) is 71.4 cm³/mol. The van der Waals surface area contributed by atoms with Gasteiger partial charge in [0.2, 0.25) is 0 Å². The minimum Gasteiger partial charge on any atom is -0.384 e. The van der Waals surface area contributed by atoms with Crippen molar-refractivity contribution in [3.63, 3.8) is 0 Å². The molecular formula is C15H14ClFO. The van der Waals surface area contributed by atoms with Crippen LogP contribution < -0.4 is 0 Å². The first kappa shape index (κ1) is 13.1. The summed E-state index contributed by atoms with van der Waals surface area (Å²) in [6.07, 6.45) is -0.789. The van der Waals surface area contributed by atoms with Crippen LogP contribution in [0.5, 0.6) is 0 Å². The number of benzene rings is 2. The maximum absolute atomic E-state index is 13.1. The molecule has 1 unspecified atom stereocenters. The van der Waals surface area contributed by atoms with Gasteiger partial charge in [0.05, 0.1) is 5.02 Å². The normalized spacial score (nSPS) is 12.5. The molecule has 0 saturated carbocycles. The van der Waals surface area contributed by atoms with E-state index in [2.05, 4.69) is 0 Å². The van der Waals surface area contributed by atoms with Crippen LogP contribution in [0.15, 0.2) is 36.4 Å². The minimum atomic E-state index is -0.789. The quantitative estimate of drug-likeness (QED) is 0.863. The molecule has 1 N–H and O–H groups in total. The molecule has 0 radical (unpaired) electrons. The Labute approximate surface area is 111 Å². The molecule has 3 heteroatoms. The fraction of sp³-hybridized carbons (Fsp3) is 0.200. The van der Waals surface area contributed by atoms with Crippen LogP contribution in [0.1, 0.15) is 28.4 Å². The molecule has 0 saturated heterocycles. The third-order valence-corrected chi connectivity index (χ3v) is 3.40. The van der Waals surface area contributed by atoms with Gasteiger partial charge in [-0.15, -0.1) is 0 Å². The van der Waals surface area contributed by atoms with E-state index >= 15 is 0 Å². The van der Waals surface area contributed by atoms with Crippen molar-refractivity contribution in [2.45, 2.75) is 20.0 Å². The Balaban J connectivity index is 2.37. The van der Waals surface area contributed by atoms with Gasteiger partial charge in [-0.1, -0.05) is 35.9 Å². The molecule has 0 aliphatic carbocycles. The highest BCUT2D eigenvalue weighted by Crippen LogP contribution is 2.26. The zero-order valence-electron chi connectivity index (χ0n) is 10.2. The van der Waals surface area contributed by atoms with E-state index in [0.717, 1.165) is 11.1 Å². The van der Waals surface area contributed by atoms with E-state index in [4.69, 9.17) is 11.6 Å². The highest BCUT2D eigenvalue weighted by molar-refractivity contribution is 6.30. The number of rotatable bonds is 2. The molecule has 18 heavy (non-hydrogen) atoms. The highest BCUT2D eigenvalue weighted by Gasteiger charge is 2.12. The second-order valence-electron chi connectivity index (χ2n) is 4.42. The second-order valence-corrected chi connectivity index (χ2v) is 4.83. The summed E-state index contributed by atoms with van der Waals surface area (Å²) < 4.78 is 13.1. The summed E-state index contributed by atoms with van der Waals surface area (Å²) in [4.78, 5) is 0. The van der Waals surface area contributed by atoms with Gasteiger partial charge in [-0.25, -0.2) is 4.39 Å². The summed E-state index contributed by atoms with van der Waals surface area (Å²) in [6, 6.07) is 10.0. The van der Waals surface area contributed by atoms with E-state index in [1.165, 1.54) is 17.7 Å². The summed E-state index contributed by atoms with van der Waals surface area (Å²) in [5.41, 5.74) is 3.65. The molecule has 1 nitrogen and oxygen atoms in total. The molecule has 0 amide bonds. The van der Waals surface area contributed by atoms with Crippen LogP contribution in [-0.4, -0.2) is 5.11 Å². The first-order valence-corrected chi connectivity index (χ1v) is 6.07. The van der Waals surface area contributed by atoms with Crippen LogP contribution in [-0.2, 0) is 0 Å². The lowest BCUT2D eigenvalue weighted by Gasteiger charge is -2.13. The second kappa shape index (κ2) is 5.09. The molecule has 0 heterocycles. The van der Waals surface area contributed by atoms with E-state index in [9.17, 15) is 9.50 Å². The lowest BCUT2D eigenvalue weighted by atomic mass is 9.98. The van der Waals surface area contributed by atoms with Crippen molar-refractivity contribution in [1.29, 1.82) is 0 Å². The Morgan fingerprint density at radius 1 is 1.00 bits per heavy atom. The summed E-state index contributed by atoms with van der Waals surface area (Å²) in [7, 11) is 0. The molecular weight excluding hydrogens is 251 g/mol. The van der Waals surface area contributed by atoms with Crippen molar-refractivity contribution in [3.8, 4) is 0 Å². The molecule has 2 rings (SSSR count). The average Bonchev–Trinajstić information content (AvgIpc) is 2.35. The number of halogens is 2. The van der Waals surface area contributed by atoms with Crippen molar-refractivity contribution in [2.24, 2.45) is 0 Å². The van der Waals surface area contributed by atoms with E-state index < -0.39 is 11.9 Å². The van der Waals surface area contributed by atoms with Crippen molar-refractivity contribution >= 4 is 11.6 Å². The van der Waals surface area contributed by atoms with Gasteiger partial charge in [0, 0.05) is 0 Å². The number of aliphatic hydroxyl groups excluding tert-OH is 1. The van der Waals surface area contributed by atoms with Gasteiger partial charge in [-0.2, -0.15) is 0 Å². The first-order chi connectivity index (χ1) is 8.49. The van der Waals surface area contributed by atoms with Crippen LogP contribution in [0.2, 0.25) is 5.02 Å². The fourth-order valence-corrected chi connectivity index (χ4v) is 2.00. The van der Waals surface area contributed by atoms with Crippen molar-refractivity contribution in [3.05, 3.63) is 69.5 Å². The Hall–Kier alpha value is -1.38. The third kappa shape index (κ3) is 2.55. The molecule has 1 atom stereocenters. The van der Waals surface area contributed by atoms with Crippen molar-refractivity contribution < 1.29 is 9.50 Å². The molecule has 0 spiro atoms. The molecule has 0 aliphatic rings. The van der Waals surface area contributed by atoms with Gasteiger partial charge in [-0.05, 0) is 48.2 Å². The summed E-state index contributed by atoms with van der Waals surface area (Å²) in [5, 5.41) is 10.3. The number of aryl methyl sites for hydroxylation is 2. The zero-order chi connectivity index (χ0) is 13.3. The molecule has 0 bridgehead atoms. The summed E-state index contributed by atoms with van der Waals surface area (Å²) >= 11 is 5.72. The summed E-state index contributed by atoms with van der Waals surface area (Å²) in [6.45, 7) is 4.00. The lowest BCUT2D eigenvalue weighted by Crippen LogP contribution is -2.01. The minimum absolute atomic E-state index is 0.0235. The molecule has 94 valence electrons. The van der Waals surface area contributed by atoms with Gasteiger partial charge < -0.3 is 5.11 Å². The topological polar surface area (TPSA) is 20.2 Å². The van der Waals surface area contributed by atoms with Gasteiger partial charge >= 0.3 is 0 Å². The van der Waals surface area contributed by atoms with Crippen LogP contribution in [0.25, 0.3) is 0 Å². The standard InChI is InChI=1S/C15H14ClFO/c1-9-3-4-11(7-10(9)2)15(18)12-5-6-14(17)13(16)8-12/h3-8,15,18H,1-2H3. The third-order valence-electron chi connectivity index (χ3n) is 3.11. The molecule has 2 aromatic rings. The highest BCUT2D eigenvalue weighted by atomic mass is 35.5. The molecule has 0 aromatic heterocycles. The monoisotopic (exact) mass is 264 g/mol. The molecule has 0 aliphatic heterocycles. The SMILES string of the molecule is Cc1ccc(C(O)c2ccc(F)c(Cl)c2)cc1C. The zero-order valence-corrected chi connectivity index (χ0v) is 11.0. The molecule has 0 fully saturated rings. The maximum atomic E-state index is 13.1. The van der Waals surface area contributed by atoms with Crippen molar-refractivity contribution in [1.82, 2.24) is 0 Å². The number of hydrogen-bond acceptors (Lipinski definition) is 1. The van der Waals surface area contributed by atoms with Gasteiger partial charge in [-0.3, -0.25) is 0 Å². The van der Waals surface area contributed by atoms with Crippen LogP contribution >= 0.6 is 11.6 Å². The van der Waals surface area contributed by atoms with Crippen LogP contribution in [0.4, 0.5) is 4.39 Å². The Morgan fingerprint density at radius 3 is 2.22 bits per heavy atom. The summed E-state index contributed by atoms with van der Waals surface area (Å²) in [5.74, 6) is -0.479. The Kier molecular flexibility index (Phi) is 3.69. The Bertz CT molecular complexity index is 529. The smallest absolute Gasteiger partial charge is 0.141 e. The van der Waals surface area contributed by atoms with Crippen molar-refractivity contribution in [2.75, 3.05) is 0 Å². The van der Waals surface area contributed by atoms with E-state index in [1.54, 1.807) is 6.07 Å². The van der Waals surface area contributed by atoms with E-state index in [0.29, 0.717) is 5.56 Å². The van der Waals surface area contributed by atoms with Crippen LogP contribution in [0.3, 0.4) is 0 Å². The first-order valence-electron chi connectivity index (χ1n) is 5.69. The average molecular weight is 265 g/mol. The Morgan fingerprint density at radius 2 is 1.61 bits per heavy atom. The van der Waals surface area contributed by atoms with Gasteiger partial charge in [0.1, 0.15) is 11.9 Å². The van der Waals surface area contributed by atoms with Crippen LogP contribution in [0, 0.1) is 19.7 Å². The maximum Gasteiger partial charge on any atom is 0.141 e. The lowest BCUT2D eigenvalue weighted by molar-refractivity contribution is 0.220. The predicted octanol–water partition coefficient (Wildman–Crippen LogP) is 4.18. The van der Waals surface area contributed by atoms with E-state index in [1.807, 2.05) is 32.0 Å². The van der Waals surface area contributed by atoms with Gasteiger partial charge in [0.15, 0.2) is 0 Å². The number of aliphatic hydroxyl groups is 1. The largest absolute Gasteiger partial charge is 0.384 e.